The van der Waals surface area contributed by atoms with E-state index in [1.54, 1.807) is 18.3 Å². The summed E-state index contributed by atoms with van der Waals surface area (Å²) < 4.78 is 10.9. The molecule has 1 heterocycles. The monoisotopic (exact) mass is 406 g/mol. The van der Waals surface area contributed by atoms with Gasteiger partial charge < -0.3 is 9.47 Å². The minimum atomic E-state index is -0.561. The van der Waals surface area contributed by atoms with E-state index in [1.165, 1.54) is 31.7 Å². The quantitative estimate of drug-likeness (QED) is 0.348. The molecule has 0 unspecified atom stereocenters. The zero-order valence-corrected chi connectivity index (χ0v) is 16.0. The van der Waals surface area contributed by atoms with E-state index in [9.17, 15) is 14.9 Å². The third kappa shape index (κ3) is 5.16. The van der Waals surface area contributed by atoms with Gasteiger partial charge in [0.25, 0.3) is 5.91 Å². The molecule has 0 fully saturated rings. The molecule has 0 aliphatic rings. The Hall–Kier alpha value is -4.27. The molecule has 1 aromatic heterocycles. The maximum absolute atomic E-state index is 12.0. The predicted molar refractivity (Wildman–Crippen MR) is 110 cm³/mol. The minimum absolute atomic E-state index is 0.0166. The summed E-state index contributed by atoms with van der Waals surface area (Å²) in [4.78, 5) is 26.9. The van der Waals surface area contributed by atoms with Crippen LogP contribution in [0.1, 0.15) is 21.5 Å². The van der Waals surface area contributed by atoms with E-state index in [-0.39, 0.29) is 23.8 Å². The maximum Gasteiger partial charge on any atom is 0.315 e. The average molecular weight is 406 g/mol. The number of benzene rings is 2. The van der Waals surface area contributed by atoms with Gasteiger partial charge in [0.1, 0.15) is 6.61 Å². The lowest BCUT2D eigenvalue weighted by atomic mass is 10.1. The van der Waals surface area contributed by atoms with Gasteiger partial charge in [-0.1, -0.05) is 30.3 Å². The summed E-state index contributed by atoms with van der Waals surface area (Å²) in [5.41, 5.74) is 3.62. The smallest absolute Gasteiger partial charge is 0.315 e. The molecule has 0 atom stereocenters. The highest BCUT2D eigenvalue weighted by atomic mass is 16.6. The summed E-state index contributed by atoms with van der Waals surface area (Å²) >= 11 is 0. The number of hydrogen-bond acceptors (Lipinski definition) is 7. The number of rotatable bonds is 8. The predicted octanol–water partition coefficient (Wildman–Crippen LogP) is 3.34. The standard InChI is InChI=1S/C21H18N4O5/c1-29-19-11-16(12-23-24-21(26)17-8-5-9-22-13-17)10-18(25(27)28)20(19)30-14-15-6-3-2-4-7-15/h2-13H,14H2,1H3,(H,24,26)/b23-12-. The van der Waals surface area contributed by atoms with Crippen molar-refractivity contribution in [2.45, 2.75) is 6.61 Å². The van der Waals surface area contributed by atoms with Crippen molar-refractivity contribution in [3.8, 4) is 11.5 Å². The number of nitro groups is 1. The Labute approximate surface area is 172 Å². The lowest BCUT2D eigenvalue weighted by Crippen LogP contribution is -2.17. The summed E-state index contributed by atoms with van der Waals surface area (Å²) in [6.45, 7) is 0.145. The van der Waals surface area contributed by atoms with Gasteiger partial charge in [0.05, 0.1) is 23.8 Å². The number of nitrogens with one attached hydrogen (secondary N) is 1. The second-order valence-corrected chi connectivity index (χ2v) is 6.04. The molecule has 0 aliphatic carbocycles. The molecular formula is C21H18N4O5. The summed E-state index contributed by atoms with van der Waals surface area (Å²) in [7, 11) is 1.39. The number of nitro benzene ring substituents is 1. The van der Waals surface area contributed by atoms with Crippen LogP contribution in [0.5, 0.6) is 11.5 Å². The SMILES string of the molecule is COc1cc(/C=N\NC(=O)c2cccnc2)cc([N+](=O)[O-])c1OCc1ccccc1. The van der Waals surface area contributed by atoms with Gasteiger partial charge in [0.15, 0.2) is 5.75 Å². The van der Waals surface area contributed by atoms with E-state index < -0.39 is 10.8 Å². The highest BCUT2D eigenvalue weighted by Gasteiger charge is 2.22. The lowest BCUT2D eigenvalue weighted by Gasteiger charge is -2.12. The Morgan fingerprint density at radius 2 is 2.03 bits per heavy atom. The summed E-state index contributed by atoms with van der Waals surface area (Å²) in [5.74, 6) is -0.258. The number of ether oxygens (including phenoxy) is 2. The molecule has 0 saturated carbocycles. The van der Waals surface area contributed by atoms with E-state index in [0.29, 0.717) is 11.1 Å². The van der Waals surface area contributed by atoms with Gasteiger partial charge in [-0.05, 0) is 23.8 Å². The number of amides is 1. The molecule has 0 spiro atoms. The van der Waals surface area contributed by atoms with Gasteiger partial charge in [-0.2, -0.15) is 5.10 Å². The second-order valence-electron chi connectivity index (χ2n) is 6.04. The second kappa shape index (κ2) is 9.78. The molecule has 3 rings (SSSR count). The van der Waals surface area contributed by atoms with Crippen LogP contribution in [0, 0.1) is 10.1 Å². The topological polar surface area (TPSA) is 116 Å². The number of aromatic nitrogens is 1. The first-order valence-corrected chi connectivity index (χ1v) is 8.85. The zero-order chi connectivity index (χ0) is 21.3. The molecule has 9 nitrogen and oxygen atoms in total. The van der Waals surface area contributed by atoms with Gasteiger partial charge >= 0.3 is 5.69 Å². The first kappa shape index (κ1) is 20.5. The number of carbonyl (C=O) groups excluding carboxylic acids is 1. The minimum Gasteiger partial charge on any atom is -0.493 e. The maximum atomic E-state index is 12.0. The highest BCUT2D eigenvalue weighted by Crippen LogP contribution is 2.38. The molecular weight excluding hydrogens is 388 g/mol. The molecule has 152 valence electrons. The summed E-state index contributed by atoms with van der Waals surface area (Å²) in [6.07, 6.45) is 4.23. The van der Waals surface area contributed by atoms with Crippen molar-refractivity contribution >= 4 is 17.8 Å². The Bertz CT molecular complexity index is 1060. The van der Waals surface area contributed by atoms with E-state index in [4.69, 9.17) is 9.47 Å². The van der Waals surface area contributed by atoms with Crippen molar-refractivity contribution in [1.82, 2.24) is 10.4 Å². The molecule has 30 heavy (non-hydrogen) atoms. The Kier molecular flexibility index (Phi) is 6.67. The first-order valence-electron chi connectivity index (χ1n) is 8.85. The fourth-order valence-electron chi connectivity index (χ4n) is 2.57. The largest absolute Gasteiger partial charge is 0.493 e. The highest BCUT2D eigenvalue weighted by molar-refractivity contribution is 5.94. The molecule has 2 aromatic carbocycles. The summed E-state index contributed by atoms with van der Waals surface area (Å²) in [6, 6.07) is 15.3. The third-order valence-corrected chi connectivity index (χ3v) is 4.00. The summed E-state index contributed by atoms with van der Waals surface area (Å²) in [5, 5.41) is 15.4. The number of carbonyl (C=O) groups is 1. The van der Waals surface area contributed by atoms with Gasteiger partial charge in [0, 0.05) is 24.0 Å². The van der Waals surface area contributed by atoms with Gasteiger partial charge in [-0.3, -0.25) is 19.9 Å². The molecule has 9 heteroatoms. The van der Waals surface area contributed by atoms with Crippen molar-refractivity contribution in [1.29, 1.82) is 0 Å². The van der Waals surface area contributed by atoms with Crippen LogP contribution in [0.15, 0.2) is 72.1 Å². The van der Waals surface area contributed by atoms with Crippen LogP contribution in [-0.2, 0) is 6.61 Å². The Morgan fingerprint density at radius 3 is 2.70 bits per heavy atom. The van der Waals surface area contributed by atoms with Gasteiger partial charge in [0.2, 0.25) is 5.75 Å². The average Bonchev–Trinajstić information content (AvgIpc) is 2.78. The van der Waals surface area contributed by atoms with E-state index in [0.717, 1.165) is 5.56 Å². The van der Waals surface area contributed by atoms with Crippen molar-refractivity contribution in [2.75, 3.05) is 7.11 Å². The Morgan fingerprint density at radius 1 is 1.23 bits per heavy atom. The van der Waals surface area contributed by atoms with Crippen molar-refractivity contribution in [3.63, 3.8) is 0 Å². The van der Waals surface area contributed by atoms with Crippen LogP contribution < -0.4 is 14.9 Å². The number of methoxy groups -OCH3 is 1. The van der Waals surface area contributed by atoms with Crippen LogP contribution in [0.25, 0.3) is 0 Å². The molecule has 3 aromatic rings. The fraction of sp³-hybridized carbons (Fsp3) is 0.0952. The number of nitrogens with zero attached hydrogens (tertiary/aromatic N) is 3. The molecule has 0 saturated heterocycles. The van der Waals surface area contributed by atoms with Gasteiger partial charge in [-0.15, -0.1) is 0 Å². The first-order chi connectivity index (χ1) is 14.6. The molecule has 0 bridgehead atoms. The zero-order valence-electron chi connectivity index (χ0n) is 16.0. The molecule has 1 N–H and O–H groups in total. The van der Waals surface area contributed by atoms with Crippen molar-refractivity contribution < 1.29 is 19.2 Å². The number of pyridine rings is 1. The number of hydrogen-bond donors (Lipinski definition) is 1. The molecule has 0 radical (unpaired) electrons. The van der Waals surface area contributed by atoms with Crippen LogP contribution in [0.2, 0.25) is 0 Å². The van der Waals surface area contributed by atoms with E-state index >= 15 is 0 Å². The normalized spacial score (nSPS) is 10.6. The van der Waals surface area contributed by atoms with Crippen molar-refractivity contribution in [3.05, 3.63) is 93.8 Å². The van der Waals surface area contributed by atoms with Crippen LogP contribution >= 0.6 is 0 Å². The Balaban J connectivity index is 1.79. The fourth-order valence-corrected chi connectivity index (χ4v) is 2.57. The molecule has 1 amide bonds. The lowest BCUT2D eigenvalue weighted by molar-refractivity contribution is -0.386. The van der Waals surface area contributed by atoms with Crippen LogP contribution in [0.3, 0.4) is 0 Å². The van der Waals surface area contributed by atoms with Gasteiger partial charge in [-0.25, -0.2) is 5.43 Å². The molecule has 0 aliphatic heterocycles. The van der Waals surface area contributed by atoms with Crippen LogP contribution in [0.4, 0.5) is 5.69 Å². The van der Waals surface area contributed by atoms with E-state index in [1.807, 2.05) is 30.3 Å². The van der Waals surface area contributed by atoms with E-state index in [2.05, 4.69) is 15.5 Å². The third-order valence-electron chi connectivity index (χ3n) is 4.00. The van der Waals surface area contributed by atoms with Crippen LogP contribution in [-0.4, -0.2) is 29.1 Å². The number of hydrazone groups is 1. The van der Waals surface area contributed by atoms with Crippen molar-refractivity contribution in [2.24, 2.45) is 5.10 Å².